The predicted octanol–water partition coefficient (Wildman–Crippen LogP) is 2.66. The lowest BCUT2D eigenvalue weighted by molar-refractivity contribution is 0.136. The highest BCUT2D eigenvalue weighted by Gasteiger charge is 2.46. The van der Waals surface area contributed by atoms with Gasteiger partial charge in [-0.05, 0) is 32.3 Å². The number of hydrogen-bond donors (Lipinski definition) is 0. The van der Waals surface area contributed by atoms with E-state index in [4.69, 9.17) is 4.74 Å². The molecule has 0 aromatic carbocycles. The normalized spacial score (nSPS) is 16.9. The molecule has 15 heavy (non-hydrogen) atoms. The molecule has 1 aliphatic carbocycles. The lowest BCUT2D eigenvalue weighted by Gasteiger charge is -2.16. The van der Waals surface area contributed by atoms with Gasteiger partial charge in [-0.25, -0.2) is 0 Å². The number of aryl methyl sites for hydroxylation is 1. The van der Waals surface area contributed by atoms with Gasteiger partial charge in [-0.15, -0.1) is 0 Å². The minimum atomic E-state index is 0.188. The van der Waals surface area contributed by atoms with Gasteiger partial charge in [0.05, 0.1) is 18.3 Å². The summed E-state index contributed by atoms with van der Waals surface area (Å²) in [6.45, 7) is 9.01. The molecule has 0 spiro atoms. The minimum absolute atomic E-state index is 0.188. The standard InChI is InChI=1S/C10H16N2O.C2H6/c1-8-6-11-12(9(8)2)10(4-5-10)7-13-3;1-2/h6H,4-5,7H2,1-3H3;1-2H3. The maximum absolute atomic E-state index is 5.23. The van der Waals surface area contributed by atoms with Crippen LogP contribution in [0.5, 0.6) is 0 Å². The maximum Gasteiger partial charge on any atom is 0.0864 e. The quantitative estimate of drug-likeness (QED) is 0.767. The Morgan fingerprint density at radius 2 is 2.00 bits per heavy atom. The summed E-state index contributed by atoms with van der Waals surface area (Å²) in [6.07, 6.45) is 4.33. The second-order valence-electron chi connectivity index (χ2n) is 3.98. The van der Waals surface area contributed by atoms with Gasteiger partial charge in [0.25, 0.3) is 0 Å². The van der Waals surface area contributed by atoms with Crippen LogP contribution in [0.3, 0.4) is 0 Å². The van der Waals surface area contributed by atoms with Crippen LogP contribution in [0.4, 0.5) is 0 Å². The van der Waals surface area contributed by atoms with E-state index in [0.29, 0.717) is 0 Å². The third-order valence-electron chi connectivity index (χ3n) is 2.94. The molecule has 0 saturated heterocycles. The first-order valence-electron chi connectivity index (χ1n) is 5.70. The Bertz CT molecular complexity index is 313. The Balaban J connectivity index is 0.000000531. The Hall–Kier alpha value is -0.830. The Labute approximate surface area is 92.4 Å². The fourth-order valence-corrected chi connectivity index (χ4v) is 1.80. The van der Waals surface area contributed by atoms with Gasteiger partial charge in [0.2, 0.25) is 0 Å². The number of rotatable bonds is 3. The number of nitrogens with zero attached hydrogens (tertiary/aromatic N) is 2. The second kappa shape index (κ2) is 4.79. The monoisotopic (exact) mass is 210 g/mol. The molecule has 1 heterocycles. The van der Waals surface area contributed by atoms with E-state index >= 15 is 0 Å². The summed E-state index contributed by atoms with van der Waals surface area (Å²) in [7, 11) is 1.76. The molecule has 1 aliphatic rings. The summed E-state index contributed by atoms with van der Waals surface area (Å²) in [5, 5.41) is 4.40. The van der Waals surface area contributed by atoms with E-state index in [1.165, 1.54) is 24.1 Å². The highest BCUT2D eigenvalue weighted by atomic mass is 16.5. The molecule has 1 saturated carbocycles. The zero-order valence-electron chi connectivity index (χ0n) is 10.5. The molecule has 0 radical (unpaired) electrons. The van der Waals surface area contributed by atoms with E-state index < -0.39 is 0 Å². The molecule has 0 bridgehead atoms. The first-order valence-corrected chi connectivity index (χ1v) is 5.70. The van der Waals surface area contributed by atoms with Crippen LogP contribution >= 0.6 is 0 Å². The zero-order chi connectivity index (χ0) is 11.5. The van der Waals surface area contributed by atoms with Gasteiger partial charge in [0.1, 0.15) is 0 Å². The summed E-state index contributed by atoms with van der Waals surface area (Å²) in [5.74, 6) is 0. The van der Waals surface area contributed by atoms with Crippen molar-refractivity contribution in [3.63, 3.8) is 0 Å². The number of ether oxygens (including phenoxy) is 1. The second-order valence-corrected chi connectivity index (χ2v) is 3.98. The van der Waals surface area contributed by atoms with Gasteiger partial charge in [-0.2, -0.15) is 5.10 Å². The van der Waals surface area contributed by atoms with Crippen molar-refractivity contribution in [3.05, 3.63) is 17.5 Å². The third kappa shape index (κ3) is 2.23. The molecule has 2 rings (SSSR count). The first kappa shape index (κ1) is 12.2. The van der Waals surface area contributed by atoms with Gasteiger partial charge in [0, 0.05) is 12.8 Å². The van der Waals surface area contributed by atoms with Gasteiger partial charge in [-0.1, -0.05) is 13.8 Å². The molecular weight excluding hydrogens is 188 g/mol. The molecule has 0 atom stereocenters. The van der Waals surface area contributed by atoms with Crippen molar-refractivity contribution in [3.8, 4) is 0 Å². The van der Waals surface area contributed by atoms with Crippen molar-refractivity contribution < 1.29 is 4.74 Å². The van der Waals surface area contributed by atoms with E-state index in [2.05, 4.69) is 23.6 Å². The molecule has 0 amide bonds. The van der Waals surface area contributed by atoms with Gasteiger partial charge >= 0.3 is 0 Å². The van der Waals surface area contributed by atoms with Crippen LogP contribution in [0.25, 0.3) is 0 Å². The van der Waals surface area contributed by atoms with E-state index in [1.807, 2.05) is 20.0 Å². The SMILES string of the molecule is CC.COCC1(n2ncc(C)c2C)CC1. The fourth-order valence-electron chi connectivity index (χ4n) is 1.80. The molecular formula is C12H22N2O. The smallest absolute Gasteiger partial charge is 0.0864 e. The maximum atomic E-state index is 5.23. The Kier molecular flexibility index (Phi) is 3.91. The summed E-state index contributed by atoms with van der Waals surface area (Å²) in [6, 6.07) is 0. The number of aromatic nitrogens is 2. The van der Waals surface area contributed by atoms with Crippen molar-refractivity contribution in [1.29, 1.82) is 0 Å². The van der Waals surface area contributed by atoms with Crippen LogP contribution in [0.1, 0.15) is 37.9 Å². The van der Waals surface area contributed by atoms with Crippen LogP contribution in [-0.4, -0.2) is 23.5 Å². The molecule has 0 unspecified atom stereocenters. The molecule has 1 aromatic heterocycles. The molecule has 1 aromatic rings. The van der Waals surface area contributed by atoms with Crippen LogP contribution in [0.15, 0.2) is 6.20 Å². The van der Waals surface area contributed by atoms with E-state index in [-0.39, 0.29) is 5.54 Å². The lowest BCUT2D eigenvalue weighted by atomic mass is 10.2. The fraction of sp³-hybridized carbons (Fsp3) is 0.750. The van der Waals surface area contributed by atoms with Gasteiger partial charge in [0.15, 0.2) is 0 Å². The summed E-state index contributed by atoms with van der Waals surface area (Å²) in [4.78, 5) is 0. The van der Waals surface area contributed by atoms with Crippen molar-refractivity contribution >= 4 is 0 Å². The number of methoxy groups -OCH3 is 1. The topological polar surface area (TPSA) is 27.1 Å². The van der Waals surface area contributed by atoms with Crippen LogP contribution in [-0.2, 0) is 10.3 Å². The summed E-state index contributed by atoms with van der Waals surface area (Å²) < 4.78 is 7.36. The van der Waals surface area contributed by atoms with Crippen LogP contribution in [0.2, 0.25) is 0 Å². The highest BCUT2D eigenvalue weighted by molar-refractivity contribution is 5.18. The van der Waals surface area contributed by atoms with Crippen LogP contribution in [0, 0.1) is 13.8 Å². The molecule has 3 nitrogen and oxygen atoms in total. The van der Waals surface area contributed by atoms with Crippen LogP contribution < -0.4 is 0 Å². The largest absolute Gasteiger partial charge is 0.382 e. The van der Waals surface area contributed by atoms with E-state index in [1.54, 1.807) is 7.11 Å². The van der Waals surface area contributed by atoms with Gasteiger partial charge in [-0.3, -0.25) is 4.68 Å². The van der Waals surface area contributed by atoms with Gasteiger partial charge < -0.3 is 4.74 Å². The highest BCUT2D eigenvalue weighted by Crippen LogP contribution is 2.44. The molecule has 0 aliphatic heterocycles. The molecule has 3 heteroatoms. The minimum Gasteiger partial charge on any atom is -0.382 e. The van der Waals surface area contributed by atoms with E-state index in [9.17, 15) is 0 Å². The first-order chi connectivity index (χ1) is 7.19. The average molecular weight is 210 g/mol. The Morgan fingerprint density at radius 1 is 1.40 bits per heavy atom. The van der Waals surface area contributed by atoms with E-state index in [0.717, 1.165) is 6.61 Å². The zero-order valence-corrected chi connectivity index (χ0v) is 10.5. The molecule has 0 N–H and O–H groups in total. The average Bonchev–Trinajstić information content (AvgIpc) is 2.94. The van der Waals surface area contributed by atoms with Crippen molar-refractivity contribution in [2.24, 2.45) is 0 Å². The molecule has 1 fully saturated rings. The summed E-state index contributed by atoms with van der Waals surface area (Å²) in [5.41, 5.74) is 2.73. The third-order valence-corrected chi connectivity index (χ3v) is 2.94. The predicted molar refractivity (Wildman–Crippen MR) is 62.1 cm³/mol. The summed E-state index contributed by atoms with van der Waals surface area (Å²) >= 11 is 0. The van der Waals surface area contributed by atoms with Crippen molar-refractivity contribution in [2.75, 3.05) is 13.7 Å². The van der Waals surface area contributed by atoms with Crippen molar-refractivity contribution in [2.45, 2.75) is 46.1 Å². The number of hydrogen-bond acceptors (Lipinski definition) is 2. The van der Waals surface area contributed by atoms with Crippen molar-refractivity contribution in [1.82, 2.24) is 9.78 Å². The Morgan fingerprint density at radius 3 is 2.33 bits per heavy atom. The lowest BCUT2D eigenvalue weighted by Crippen LogP contribution is -2.25. The molecule has 86 valence electrons.